The summed E-state index contributed by atoms with van der Waals surface area (Å²) in [5.74, 6) is 0.915. The fraction of sp³-hybridized carbons (Fsp3) is 0.357. The van der Waals surface area contributed by atoms with E-state index in [-0.39, 0.29) is 11.7 Å². The molecule has 1 amide bonds. The molecule has 37 heavy (non-hydrogen) atoms. The molecule has 0 aromatic heterocycles. The number of para-hydroxylation sites is 1. The SMILES string of the molecule is COCCOc1ccc(C=CC=CC(=O)C(C)(N)N2CCN(C(=O)c3ccccc3N)CC2)cc1OC. The third kappa shape index (κ3) is 7.19. The second-order valence-corrected chi connectivity index (χ2v) is 8.85. The molecule has 1 aliphatic heterocycles. The summed E-state index contributed by atoms with van der Waals surface area (Å²) in [7, 11) is 3.20. The van der Waals surface area contributed by atoms with Crippen molar-refractivity contribution in [3.8, 4) is 11.5 Å². The highest BCUT2D eigenvalue weighted by Gasteiger charge is 2.36. The minimum absolute atomic E-state index is 0.112. The van der Waals surface area contributed by atoms with Crippen molar-refractivity contribution in [3.63, 3.8) is 0 Å². The molecule has 1 fully saturated rings. The number of ketones is 1. The summed E-state index contributed by atoms with van der Waals surface area (Å²) in [6, 6.07) is 12.6. The summed E-state index contributed by atoms with van der Waals surface area (Å²) in [5, 5.41) is 0. The summed E-state index contributed by atoms with van der Waals surface area (Å²) in [6.07, 6.45) is 6.77. The van der Waals surface area contributed by atoms with Crippen molar-refractivity contribution >= 4 is 23.5 Å². The highest BCUT2D eigenvalue weighted by Crippen LogP contribution is 2.28. The lowest BCUT2D eigenvalue weighted by atomic mass is 10.0. The molecule has 1 heterocycles. The van der Waals surface area contributed by atoms with E-state index in [0.717, 1.165) is 5.56 Å². The van der Waals surface area contributed by atoms with Gasteiger partial charge in [-0.1, -0.05) is 36.4 Å². The molecule has 1 aliphatic rings. The first-order chi connectivity index (χ1) is 17.8. The second kappa shape index (κ2) is 13.0. The zero-order chi connectivity index (χ0) is 26.8. The number of piperazine rings is 1. The normalized spacial score (nSPS) is 16.2. The number of ether oxygens (including phenoxy) is 3. The maximum absolute atomic E-state index is 12.9. The van der Waals surface area contributed by atoms with E-state index in [0.29, 0.717) is 62.1 Å². The van der Waals surface area contributed by atoms with E-state index < -0.39 is 5.66 Å². The summed E-state index contributed by atoms with van der Waals surface area (Å²) in [6.45, 7) is 4.51. The largest absolute Gasteiger partial charge is 0.493 e. The summed E-state index contributed by atoms with van der Waals surface area (Å²) in [4.78, 5) is 29.3. The monoisotopic (exact) mass is 508 g/mol. The number of carbonyl (C=O) groups excluding carboxylic acids is 2. The van der Waals surface area contributed by atoms with Gasteiger partial charge >= 0.3 is 0 Å². The molecule has 1 saturated heterocycles. The predicted molar refractivity (Wildman–Crippen MR) is 144 cm³/mol. The van der Waals surface area contributed by atoms with Gasteiger partial charge in [-0.25, -0.2) is 0 Å². The Morgan fingerprint density at radius 3 is 2.41 bits per heavy atom. The van der Waals surface area contributed by atoms with Crippen LogP contribution in [0.2, 0.25) is 0 Å². The first-order valence-corrected chi connectivity index (χ1v) is 12.1. The average molecular weight is 509 g/mol. The van der Waals surface area contributed by atoms with Crippen molar-refractivity contribution < 1.29 is 23.8 Å². The van der Waals surface area contributed by atoms with E-state index in [1.165, 1.54) is 6.08 Å². The number of allylic oxidation sites excluding steroid dienone is 2. The van der Waals surface area contributed by atoms with E-state index in [4.69, 9.17) is 25.7 Å². The van der Waals surface area contributed by atoms with Gasteiger partial charge in [-0.15, -0.1) is 0 Å². The molecule has 0 spiro atoms. The number of carbonyl (C=O) groups is 2. The molecule has 9 nitrogen and oxygen atoms in total. The first kappa shape index (κ1) is 27.9. The number of benzene rings is 2. The highest BCUT2D eigenvalue weighted by atomic mass is 16.5. The lowest BCUT2D eigenvalue weighted by molar-refractivity contribution is -0.126. The molecule has 9 heteroatoms. The van der Waals surface area contributed by atoms with Gasteiger partial charge in [-0.05, 0) is 42.8 Å². The molecule has 0 bridgehead atoms. The number of nitrogens with two attached hydrogens (primary N) is 2. The number of anilines is 1. The molecule has 2 aromatic rings. The molecule has 1 atom stereocenters. The predicted octanol–water partition coefficient (Wildman–Crippen LogP) is 2.57. The number of hydrogen-bond donors (Lipinski definition) is 2. The Hall–Kier alpha value is -3.66. The van der Waals surface area contributed by atoms with Gasteiger partial charge in [-0.2, -0.15) is 0 Å². The Labute approximate surface area is 218 Å². The van der Waals surface area contributed by atoms with Gasteiger partial charge < -0.3 is 30.6 Å². The Morgan fingerprint density at radius 2 is 1.73 bits per heavy atom. The van der Waals surface area contributed by atoms with Crippen LogP contribution in [0.3, 0.4) is 0 Å². The molecule has 4 N–H and O–H groups in total. The van der Waals surface area contributed by atoms with E-state index in [1.807, 2.05) is 29.2 Å². The molecular weight excluding hydrogens is 472 g/mol. The van der Waals surface area contributed by atoms with Crippen LogP contribution in [-0.2, 0) is 9.53 Å². The lowest BCUT2D eigenvalue weighted by Crippen LogP contribution is -2.64. The molecule has 2 aromatic carbocycles. The lowest BCUT2D eigenvalue weighted by Gasteiger charge is -2.42. The summed E-state index contributed by atoms with van der Waals surface area (Å²) in [5.41, 5.74) is 13.0. The van der Waals surface area contributed by atoms with Gasteiger partial charge in [0.2, 0.25) is 0 Å². The van der Waals surface area contributed by atoms with Crippen molar-refractivity contribution in [2.75, 3.05) is 59.3 Å². The van der Waals surface area contributed by atoms with E-state index in [2.05, 4.69) is 0 Å². The quantitative estimate of drug-likeness (QED) is 0.206. The van der Waals surface area contributed by atoms with Crippen LogP contribution in [0.25, 0.3) is 6.08 Å². The fourth-order valence-corrected chi connectivity index (χ4v) is 4.01. The van der Waals surface area contributed by atoms with Crippen LogP contribution in [0.4, 0.5) is 5.69 Å². The number of methoxy groups -OCH3 is 2. The van der Waals surface area contributed by atoms with Crippen LogP contribution in [0.5, 0.6) is 11.5 Å². The van der Waals surface area contributed by atoms with Crippen LogP contribution in [0, 0.1) is 0 Å². The van der Waals surface area contributed by atoms with E-state index in [1.54, 1.807) is 62.5 Å². The fourth-order valence-electron chi connectivity index (χ4n) is 4.01. The molecule has 1 unspecified atom stereocenters. The maximum atomic E-state index is 12.9. The van der Waals surface area contributed by atoms with Crippen LogP contribution >= 0.6 is 0 Å². The third-order valence-electron chi connectivity index (χ3n) is 6.29. The first-order valence-electron chi connectivity index (χ1n) is 12.1. The maximum Gasteiger partial charge on any atom is 0.256 e. The Kier molecular flexibility index (Phi) is 9.85. The van der Waals surface area contributed by atoms with E-state index >= 15 is 0 Å². The van der Waals surface area contributed by atoms with Crippen LogP contribution in [0.1, 0.15) is 22.8 Å². The standard InChI is InChI=1S/C28H36N4O5/c1-28(30,32-16-14-31(15-17-32)27(34)22-9-5-6-10-23(22)29)26(33)11-7-4-8-21-12-13-24(25(20-21)36-3)37-19-18-35-2/h4-13,20H,14-19,29-30H2,1-3H3. The smallest absolute Gasteiger partial charge is 0.256 e. The van der Waals surface area contributed by atoms with Gasteiger partial charge in [0.15, 0.2) is 17.3 Å². The molecular formula is C28H36N4O5. The van der Waals surface area contributed by atoms with E-state index in [9.17, 15) is 9.59 Å². The number of hydrogen-bond acceptors (Lipinski definition) is 8. The second-order valence-electron chi connectivity index (χ2n) is 8.85. The van der Waals surface area contributed by atoms with Crippen molar-refractivity contribution in [1.82, 2.24) is 9.80 Å². The molecule has 0 radical (unpaired) electrons. The Bertz CT molecular complexity index is 1140. The summed E-state index contributed by atoms with van der Waals surface area (Å²) >= 11 is 0. The van der Waals surface area contributed by atoms with Crippen molar-refractivity contribution in [1.29, 1.82) is 0 Å². The van der Waals surface area contributed by atoms with Gasteiger partial charge in [0.1, 0.15) is 12.3 Å². The summed E-state index contributed by atoms with van der Waals surface area (Å²) < 4.78 is 16.0. The number of amides is 1. The van der Waals surface area contributed by atoms with Gasteiger partial charge in [0, 0.05) is 39.0 Å². The third-order valence-corrected chi connectivity index (χ3v) is 6.29. The molecule has 0 aliphatic carbocycles. The van der Waals surface area contributed by atoms with Gasteiger partial charge in [0.05, 0.1) is 19.3 Å². The topological polar surface area (TPSA) is 120 Å². The number of rotatable bonds is 11. The van der Waals surface area contributed by atoms with Gasteiger partial charge in [0.25, 0.3) is 5.91 Å². The zero-order valence-electron chi connectivity index (χ0n) is 21.7. The van der Waals surface area contributed by atoms with Crippen molar-refractivity contribution in [3.05, 3.63) is 71.8 Å². The van der Waals surface area contributed by atoms with Crippen molar-refractivity contribution in [2.45, 2.75) is 12.6 Å². The van der Waals surface area contributed by atoms with Crippen molar-refractivity contribution in [2.24, 2.45) is 5.73 Å². The van der Waals surface area contributed by atoms with Gasteiger partial charge in [-0.3, -0.25) is 14.5 Å². The minimum Gasteiger partial charge on any atom is -0.493 e. The zero-order valence-corrected chi connectivity index (χ0v) is 21.7. The van der Waals surface area contributed by atoms with Crippen LogP contribution in [-0.4, -0.2) is 80.8 Å². The highest BCUT2D eigenvalue weighted by molar-refractivity contribution is 5.99. The molecule has 3 rings (SSSR count). The number of nitrogens with zero attached hydrogens (tertiary/aromatic N) is 2. The minimum atomic E-state index is -1.18. The molecule has 198 valence electrons. The van der Waals surface area contributed by atoms with Crippen LogP contribution in [0.15, 0.2) is 60.7 Å². The average Bonchev–Trinajstić information content (AvgIpc) is 2.91. The Balaban J connectivity index is 1.55. The van der Waals surface area contributed by atoms with Crippen LogP contribution < -0.4 is 20.9 Å². The molecule has 0 saturated carbocycles. The Morgan fingerprint density at radius 1 is 1.00 bits per heavy atom. The number of nitrogen functional groups attached to an aromatic ring is 1.